The Morgan fingerprint density at radius 2 is 1.55 bits per heavy atom. The van der Waals surface area contributed by atoms with Gasteiger partial charge in [-0.3, -0.25) is 9.59 Å². The number of primary amides is 1. The van der Waals surface area contributed by atoms with Crippen LogP contribution in [0.15, 0.2) is 72.8 Å². The number of carbonyl (C=O) groups excluding carboxylic acids is 2. The number of para-hydroxylation sites is 1. The Hall–Kier alpha value is -3.47. The third kappa shape index (κ3) is 3.51. The molecule has 0 saturated carbocycles. The van der Waals surface area contributed by atoms with Gasteiger partial charge in [-0.1, -0.05) is 30.3 Å². The van der Waals surface area contributed by atoms with Gasteiger partial charge in [-0.2, -0.15) is 0 Å². The van der Waals surface area contributed by atoms with Crippen molar-refractivity contribution in [1.29, 1.82) is 0 Å². The number of hydrogen-bond acceptors (Lipinski definition) is 2. The smallest absolute Gasteiger partial charge is 0.258 e. The second-order valence-electron chi connectivity index (χ2n) is 7.36. The molecule has 1 aliphatic rings. The van der Waals surface area contributed by atoms with Crippen molar-refractivity contribution < 1.29 is 14.0 Å². The molecule has 0 spiro atoms. The number of fused-ring (bicyclic) bond motifs is 1. The van der Waals surface area contributed by atoms with Gasteiger partial charge >= 0.3 is 0 Å². The van der Waals surface area contributed by atoms with Crippen molar-refractivity contribution in [1.82, 2.24) is 0 Å². The van der Waals surface area contributed by atoms with Crippen LogP contribution in [-0.4, -0.2) is 17.9 Å². The maximum absolute atomic E-state index is 13.3. The Labute approximate surface area is 168 Å². The molecule has 3 aromatic carbocycles. The summed E-state index contributed by atoms with van der Waals surface area (Å²) < 4.78 is 13.3. The number of amides is 2. The summed E-state index contributed by atoms with van der Waals surface area (Å²) in [6.45, 7) is 2.02. The van der Waals surface area contributed by atoms with E-state index in [1.807, 2.05) is 43.3 Å². The van der Waals surface area contributed by atoms with Gasteiger partial charge in [-0.25, -0.2) is 4.39 Å². The van der Waals surface area contributed by atoms with E-state index in [1.54, 1.807) is 17.0 Å². The molecule has 2 amide bonds. The molecule has 3 aromatic rings. The lowest BCUT2D eigenvalue weighted by molar-refractivity contribution is 0.0971. The first kappa shape index (κ1) is 18.9. The molecule has 0 fully saturated rings. The average molecular weight is 388 g/mol. The Kier molecular flexibility index (Phi) is 4.89. The molecule has 0 aromatic heterocycles. The number of anilines is 1. The summed E-state index contributed by atoms with van der Waals surface area (Å²) in [5, 5.41) is 0. The minimum absolute atomic E-state index is 0.0525. The van der Waals surface area contributed by atoms with Gasteiger partial charge in [-0.05, 0) is 66.9 Å². The number of hydrogen-bond donors (Lipinski definition) is 1. The highest BCUT2D eigenvalue weighted by Gasteiger charge is 2.34. The fourth-order valence-electron chi connectivity index (χ4n) is 4.05. The second-order valence-corrected chi connectivity index (χ2v) is 7.36. The number of nitrogens with zero attached hydrogens (tertiary/aromatic N) is 1. The first-order chi connectivity index (χ1) is 14.0. The number of nitrogens with two attached hydrogens (primary N) is 1. The standard InChI is InChI=1S/C24H21FN2O2/c1-15-14-21(16-6-8-17(9-7-16)23(26)28)20-4-2-3-5-22(20)27(15)24(29)18-10-12-19(25)13-11-18/h2-13,15,21H,14H2,1H3,(H2,26,28). The molecule has 2 atom stereocenters. The van der Waals surface area contributed by atoms with Crippen molar-refractivity contribution in [3.05, 3.63) is 101 Å². The normalized spacial score (nSPS) is 18.2. The highest BCUT2D eigenvalue weighted by Crippen LogP contribution is 2.42. The number of halogens is 1. The molecule has 0 saturated heterocycles. The highest BCUT2D eigenvalue weighted by atomic mass is 19.1. The van der Waals surface area contributed by atoms with E-state index in [0.717, 1.165) is 23.2 Å². The summed E-state index contributed by atoms with van der Waals surface area (Å²) in [4.78, 5) is 26.4. The van der Waals surface area contributed by atoms with Crippen LogP contribution in [-0.2, 0) is 0 Å². The van der Waals surface area contributed by atoms with Gasteiger partial charge in [0.05, 0.1) is 0 Å². The molecule has 29 heavy (non-hydrogen) atoms. The second kappa shape index (κ2) is 7.51. The van der Waals surface area contributed by atoms with Gasteiger partial charge in [-0.15, -0.1) is 0 Å². The maximum atomic E-state index is 13.3. The summed E-state index contributed by atoms with van der Waals surface area (Å²) in [7, 11) is 0. The molecule has 0 bridgehead atoms. The minimum Gasteiger partial charge on any atom is -0.366 e. The molecule has 5 heteroatoms. The van der Waals surface area contributed by atoms with Crippen LogP contribution >= 0.6 is 0 Å². The van der Waals surface area contributed by atoms with Crippen molar-refractivity contribution in [2.24, 2.45) is 5.73 Å². The summed E-state index contributed by atoms with van der Waals surface area (Å²) in [6, 6.07) is 20.7. The molecule has 1 heterocycles. The van der Waals surface area contributed by atoms with Gasteiger partial charge in [0.1, 0.15) is 5.82 Å². The van der Waals surface area contributed by atoms with E-state index in [-0.39, 0.29) is 23.7 Å². The zero-order valence-corrected chi connectivity index (χ0v) is 16.0. The molecular weight excluding hydrogens is 367 g/mol. The van der Waals surface area contributed by atoms with E-state index >= 15 is 0 Å². The predicted molar refractivity (Wildman–Crippen MR) is 111 cm³/mol. The molecule has 4 nitrogen and oxygen atoms in total. The monoisotopic (exact) mass is 388 g/mol. The van der Waals surface area contributed by atoms with Gasteiger partial charge in [0.2, 0.25) is 5.91 Å². The Morgan fingerprint density at radius 1 is 0.931 bits per heavy atom. The van der Waals surface area contributed by atoms with Crippen LogP contribution in [0.3, 0.4) is 0 Å². The molecule has 4 rings (SSSR count). The van der Waals surface area contributed by atoms with Crippen LogP contribution in [0.2, 0.25) is 0 Å². The average Bonchev–Trinajstić information content (AvgIpc) is 2.73. The highest BCUT2D eigenvalue weighted by molar-refractivity contribution is 6.07. The van der Waals surface area contributed by atoms with E-state index in [0.29, 0.717) is 11.1 Å². The van der Waals surface area contributed by atoms with E-state index in [2.05, 4.69) is 0 Å². The molecule has 1 aliphatic heterocycles. The van der Waals surface area contributed by atoms with E-state index < -0.39 is 5.91 Å². The SMILES string of the molecule is CC1CC(c2ccc(C(N)=O)cc2)c2ccccc2N1C(=O)c1ccc(F)cc1. The van der Waals surface area contributed by atoms with Crippen LogP contribution < -0.4 is 10.6 Å². The van der Waals surface area contributed by atoms with Gasteiger partial charge in [0.25, 0.3) is 5.91 Å². The van der Waals surface area contributed by atoms with E-state index in [9.17, 15) is 14.0 Å². The van der Waals surface area contributed by atoms with Gasteiger partial charge in [0, 0.05) is 28.8 Å². The topological polar surface area (TPSA) is 63.4 Å². The predicted octanol–water partition coefficient (Wildman–Crippen LogP) is 4.50. The largest absolute Gasteiger partial charge is 0.366 e. The lowest BCUT2D eigenvalue weighted by Gasteiger charge is -2.39. The van der Waals surface area contributed by atoms with Crippen LogP contribution in [0.1, 0.15) is 51.1 Å². The fourth-order valence-corrected chi connectivity index (χ4v) is 4.05. The quantitative estimate of drug-likeness (QED) is 0.718. The van der Waals surface area contributed by atoms with Crippen LogP contribution in [0.4, 0.5) is 10.1 Å². The number of carbonyl (C=O) groups is 2. The number of rotatable bonds is 3. The molecular formula is C24H21FN2O2. The summed E-state index contributed by atoms with van der Waals surface area (Å²) in [5.74, 6) is -0.869. The zero-order valence-electron chi connectivity index (χ0n) is 16.0. The zero-order chi connectivity index (χ0) is 20.5. The molecule has 146 valence electrons. The van der Waals surface area contributed by atoms with Crippen molar-refractivity contribution in [2.75, 3.05) is 4.90 Å². The minimum atomic E-state index is -0.454. The van der Waals surface area contributed by atoms with Crippen LogP contribution in [0.25, 0.3) is 0 Å². The van der Waals surface area contributed by atoms with Crippen molar-refractivity contribution in [3.8, 4) is 0 Å². The van der Waals surface area contributed by atoms with Crippen molar-refractivity contribution >= 4 is 17.5 Å². The molecule has 2 unspecified atom stereocenters. The van der Waals surface area contributed by atoms with E-state index in [4.69, 9.17) is 5.73 Å². The van der Waals surface area contributed by atoms with Gasteiger partial charge < -0.3 is 10.6 Å². The van der Waals surface area contributed by atoms with Crippen LogP contribution in [0.5, 0.6) is 0 Å². The fraction of sp³-hybridized carbons (Fsp3) is 0.167. The summed E-state index contributed by atoms with van der Waals surface area (Å²) in [6.07, 6.45) is 0.736. The van der Waals surface area contributed by atoms with Gasteiger partial charge in [0.15, 0.2) is 0 Å². The molecule has 0 radical (unpaired) electrons. The summed E-state index contributed by atoms with van der Waals surface area (Å²) in [5.41, 5.74) is 9.25. The third-order valence-corrected chi connectivity index (χ3v) is 5.50. The third-order valence-electron chi connectivity index (χ3n) is 5.50. The first-order valence-electron chi connectivity index (χ1n) is 9.53. The lowest BCUT2D eigenvalue weighted by atomic mass is 9.81. The maximum Gasteiger partial charge on any atom is 0.258 e. The van der Waals surface area contributed by atoms with Crippen LogP contribution in [0, 0.1) is 5.82 Å². The van der Waals surface area contributed by atoms with Crippen molar-refractivity contribution in [2.45, 2.75) is 25.3 Å². The Morgan fingerprint density at radius 3 is 2.21 bits per heavy atom. The molecule has 0 aliphatic carbocycles. The Balaban J connectivity index is 1.73. The van der Waals surface area contributed by atoms with Crippen molar-refractivity contribution in [3.63, 3.8) is 0 Å². The first-order valence-corrected chi connectivity index (χ1v) is 9.53. The molecule has 2 N–H and O–H groups in total. The lowest BCUT2D eigenvalue weighted by Crippen LogP contribution is -2.43. The Bertz CT molecular complexity index is 1060. The number of benzene rings is 3. The summed E-state index contributed by atoms with van der Waals surface area (Å²) >= 11 is 0. The van der Waals surface area contributed by atoms with E-state index in [1.165, 1.54) is 24.3 Å².